The van der Waals surface area contributed by atoms with Gasteiger partial charge in [0.05, 0.1) is 18.2 Å². The van der Waals surface area contributed by atoms with Crippen molar-refractivity contribution >= 4 is 17.7 Å². The summed E-state index contributed by atoms with van der Waals surface area (Å²) in [4.78, 5) is 23.0. The number of nitrogens with zero attached hydrogens (tertiary/aromatic N) is 1. The van der Waals surface area contributed by atoms with E-state index in [4.69, 9.17) is 24.9 Å². The average Bonchev–Trinajstić information content (AvgIpc) is 2.77. The Morgan fingerprint density at radius 2 is 1.97 bits per heavy atom. The zero-order valence-electron chi connectivity index (χ0n) is 16.9. The molecule has 1 atom stereocenters. The summed E-state index contributed by atoms with van der Waals surface area (Å²) in [7, 11) is 0. The van der Waals surface area contributed by atoms with Crippen molar-refractivity contribution in [2.24, 2.45) is 0 Å². The fraction of sp³-hybridized carbons (Fsp3) is 0.261. The average molecular weight is 424 g/mol. The molecule has 0 saturated heterocycles. The Balaban J connectivity index is 2.07. The van der Waals surface area contributed by atoms with Gasteiger partial charge in [-0.2, -0.15) is 5.26 Å². The minimum absolute atomic E-state index is 0.118. The van der Waals surface area contributed by atoms with E-state index in [1.165, 1.54) is 0 Å². The Hall–Kier alpha value is -3.83. The molecular formula is C23H24N2O6. The van der Waals surface area contributed by atoms with Gasteiger partial charge in [0, 0.05) is 11.8 Å². The summed E-state index contributed by atoms with van der Waals surface area (Å²) in [6.07, 6.45) is 2.97. The Kier molecular flexibility index (Phi) is 9.59. The Labute approximate surface area is 180 Å². The number of aliphatic carboxylic acids is 1. The highest BCUT2D eigenvalue weighted by molar-refractivity contribution is 5.84. The summed E-state index contributed by atoms with van der Waals surface area (Å²) < 4.78 is 11.1. The molecule has 0 aliphatic carbocycles. The van der Waals surface area contributed by atoms with Gasteiger partial charge in [0.2, 0.25) is 0 Å². The van der Waals surface area contributed by atoms with Gasteiger partial charge in [-0.15, -0.1) is 0 Å². The molecule has 0 spiro atoms. The summed E-state index contributed by atoms with van der Waals surface area (Å²) in [5, 5.41) is 29.1. The minimum atomic E-state index is -1.01. The van der Waals surface area contributed by atoms with Crippen LogP contribution in [0.4, 0.5) is 10.5 Å². The SMILES string of the molecule is N#Cc1ccc(NC(=O)O[C@@H](CCC/C=C/C(=O)O)c2cccc(OCCO)c2)cc1. The van der Waals surface area contributed by atoms with Crippen molar-refractivity contribution in [3.8, 4) is 11.8 Å². The highest BCUT2D eigenvalue weighted by Crippen LogP contribution is 2.27. The van der Waals surface area contributed by atoms with E-state index in [0.717, 1.165) is 6.08 Å². The Bertz CT molecular complexity index is 934. The fourth-order valence-corrected chi connectivity index (χ4v) is 2.77. The molecule has 2 aromatic rings. The van der Waals surface area contributed by atoms with Gasteiger partial charge in [-0.25, -0.2) is 9.59 Å². The van der Waals surface area contributed by atoms with Crippen molar-refractivity contribution < 1.29 is 29.3 Å². The highest BCUT2D eigenvalue weighted by atomic mass is 16.6. The fourth-order valence-electron chi connectivity index (χ4n) is 2.77. The number of carboxylic acid groups (broad SMARTS) is 1. The lowest BCUT2D eigenvalue weighted by Gasteiger charge is -2.19. The van der Waals surface area contributed by atoms with E-state index < -0.39 is 18.2 Å². The molecule has 0 aromatic heterocycles. The molecule has 8 heteroatoms. The van der Waals surface area contributed by atoms with Crippen molar-refractivity contribution in [2.45, 2.75) is 25.4 Å². The summed E-state index contributed by atoms with van der Waals surface area (Å²) in [5.41, 5.74) is 1.69. The number of anilines is 1. The molecule has 0 aliphatic heterocycles. The lowest BCUT2D eigenvalue weighted by atomic mass is 10.0. The van der Waals surface area contributed by atoms with Crippen molar-refractivity contribution in [1.82, 2.24) is 0 Å². The molecule has 0 aliphatic rings. The number of benzene rings is 2. The molecule has 2 aromatic carbocycles. The Morgan fingerprint density at radius 1 is 1.19 bits per heavy atom. The van der Waals surface area contributed by atoms with Crippen LogP contribution in [-0.2, 0) is 9.53 Å². The number of aliphatic hydroxyl groups excluding tert-OH is 1. The van der Waals surface area contributed by atoms with Crippen LogP contribution in [0, 0.1) is 11.3 Å². The van der Waals surface area contributed by atoms with Gasteiger partial charge in [-0.05, 0) is 61.2 Å². The maximum atomic E-state index is 12.4. The maximum absolute atomic E-state index is 12.4. The second-order valence-electron chi connectivity index (χ2n) is 6.52. The third-order valence-electron chi connectivity index (χ3n) is 4.20. The first-order valence-electron chi connectivity index (χ1n) is 9.72. The van der Waals surface area contributed by atoms with E-state index in [0.29, 0.717) is 41.8 Å². The Morgan fingerprint density at radius 3 is 2.65 bits per heavy atom. The van der Waals surface area contributed by atoms with Gasteiger partial charge in [-0.3, -0.25) is 5.32 Å². The number of carbonyl (C=O) groups excluding carboxylic acids is 1. The molecule has 0 unspecified atom stereocenters. The molecule has 8 nitrogen and oxygen atoms in total. The van der Waals surface area contributed by atoms with E-state index in [1.807, 2.05) is 6.07 Å². The molecule has 31 heavy (non-hydrogen) atoms. The van der Waals surface area contributed by atoms with E-state index in [2.05, 4.69) is 5.32 Å². The number of hydrogen-bond donors (Lipinski definition) is 3. The first kappa shape index (κ1) is 23.4. The number of nitriles is 1. The van der Waals surface area contributed by atoms with Gasteiger partial charge in [0.15, 0.2) is 0 Å². The standard InChI is InChI=1S/C23H24N2O6/c24-16-17-9-11-19(12-10-17)25-23(29)31-21(7-2-1-3-8-22(27)28)18-5-4-6-20(15-18)30-14-13-26/h3-6,8-12,15,21,26H,1-2,7,13-14H2,(H,25,29)(H,27,28)/b8-3+/t21-/m0/s1. The van der Waals surface area contributed by atoms with Crippen LogP contribution in [0.5, 0.6) is 5.75 Å². The summed E-state index contributed by atoms with van der Waals surface area (Å²) >= 11 is 0. The number of amides is 1. The topological polar surface area (TPSA) is 129 Å². The zero-order chi connectivity index (χ0) is 22.5. The van der Waals surface area contributed by atoms with Crippen molar-refractivity contribution in [3.63, 3.8) is 0 Å². The molecule has 2 rings (SSSR count). The molecular weight excluding hydrogens is 400 g/mol. The van der Waals surface area contributed by atoms with Gasteiger partial charge >= 0.3 is 12.1 Å². The molecule has 0 saturated carbocycles. The monoisotopic (exact) mass is 424 g/mol. The van der Waals surface area contributed by atoms with E-state index in [1.54, 1.807) is 54.6 Å². The lowest BCUT2D eigenvalue weighted by Crippen LogP contribution is -2.18. The third kappa shape index (κ3) is 8.60. The molecule has 0 radical (unpaired) electrons. The largest absolute Gasteiger partial charge is 0.491 e. The van der Waals surface area contributed by atoms with Crippen LogP contribution in [0.2, 0.25) is 0 Å². The van der Waals surface area contributed by atoms with Gasteiger partial charge < -0.3 is 19.7 Å². The lowest BCUT2D eigenvalue weighted by molar-refractivity contribution is -0.131. The van der Waals surface area contributed by atoms with Crippen LogP contribution in [0.1, 0.15) is 36.5 Å². The zero-order valence-corrected chi connectivity index (χ0v) is 16.9. The van der Waals surface area contributed by atoms with Crippen molar-refractivity contribution in [1.29, 1.82) is 5.26 Å². The van der Waals surface area contributed by atoms with Crippen LogP contribution in [0.3, 0.4) is 0 Å². The number of carbonyl (C=O) groups is 2. The number of unbranched alkanes of at least 4 members (excludes halogenated alkanes) is 1. The summed E-state index contributed by atoms with van der Waals surface area (Å²) in [5.74, 6) is -0.471. The summed E-state index contributed by atoms with van der Waals surface area (Å²) in [6.45, 7) is 0.0290. The highest BCUT2D eigenvalue weighted by Gasteiger charge is 2.17. The number of hydrogen-bond acceptors (Lipinski definition) is 6. The second kappa shape index (κ2) is 12.7. The number of allylic oxidation sites excluding steroid dienone is 1. The first-order valence-corrected chi connectivity index (χ1v) is 9.72. The second-order valence-corrected chi connectivity index (χ2v) is 6.52. The number of ether oxygens (including phenoxy) is 2. The van der Waals surface area contributed by atoms with Crippen molar-refractivity contribution in [3.05, 3.63) is 71.8 Å². The number of aliphatic hydroxyl groups is 1. The quantitative estimate of drug-likeness (QED) is 0.367. The smallest absolute Gasteiger partial charge is 0.412 e. The molecule has 162 valence electrons. The normalized spacial score (nSPS) is 11.5. The van der Waals surface area contributed by atoms with Crippen molar-refractivity contribution in [2.75, 3.05) is 18.5 Å². The molecule has 0 heterocycles. The van der Waals surface area contributed by atoms with Crippen LogP contribution < -0.4 is 10.1 Å². The van der Waals surface area contributed by atoms with Crippen LogP contribution in [0.15, 0.2) is 60.7 Å². The maximum Gasteiger partial charge on any atom is 0.412 e. The summed E-state index contributed by atoms with van der Waals surface area (Å²) in [6, 6.07) is 15.4. The first-order chi connectivity index (χ1) is 15.0. The van der Waals surface area contributed by atoms with Gasteiger partial charge in [0.25, 0.3) is 0 Å². The van der Waals surface area contributed by atoms with E-state index in [9.17, 15) is 9.59 Å². The number of carboxylic acids is 1. The van der Waals surface area contributed by atoms with Crippen LogP contribution in [-0.4, -0.2) is 35.5 Å². The predicted octanol–water partition coefficient (Wildman–Crippen LogP) is 4.03. The van der Waals surface area contributed by atoms with Crippen LogP contribution in [0.25, 0.3) is 0 Å². The minimum Gasteiger partial charge on any atom is -0.491 e. The molecule has 0 bridgehead atoms. The third-order valence-corrected chi connectivity index (χ3v) is 4.20. The molecule has 1 amide bonds. The predicted molar refractivity (Wildman–Crippen MR) is 114 cm³/mol. The van der Waals surface area contributed by atoms with Gasteiger partial charge in [0.1, 0.15) is 18.5 Å². The van der Waals surface area contributed by atoms with Gasteiger partial charge in [-0.1, -0.05) is 18.2 Å². The molecule has 0 fully saturated rings. The number of rotatable bonds is 11. The van der Waals surface area contributed by atoms with E-state index in [-0.39, 0.29) is 13.2 Å². The van der Waals surface area contributed by atoms with Crippen LogP contribution >= 0.6 is 0 Å². The number of nitrogens with one attached hydrogen (secondary N) is 1. The molecule has 3 N–H and O–H groups in total. The van der Waals surface area contributed by atoms with E-state index >= 15 is 0 Å².